The van der Waals surface area contributed by atoms with Crippen molar-refractivity contribution in [2.75, 3.05) is 6.26 Å². The Hall–Kier alpha value is -4.05. The molecule has 0 fully saturated rings. The normalized spacial score (nSPS) is 12.4. The molecular formula is C24H22N4O5S. The average molecular weight is 479 g/mol. The fourth-order valence-corrected chi connectivity index (χ4v) is 4.68. The third-order valence-corrected chi connectivity index (χ3v) is 6.74. The van der Waals surface area contributed by atoms with Gasteiger partial charge in [-0.15, -0.1) is 0 Å². The van der Waals surface area contributed by atoms with Crippen LogP contribution in [-0.4, -0.2) is 35.1 Å². The predicted molar refractivity (Wildman–Crippen MR) is 127 cm³/mol. The van der Waals surface area contributed by atoms with Crippen LogP contribution in [0.3, 0.4) is 0 Å². The molecule has 0 unspecified atom stereocenters. The van der Waals surface area contributed by atoms with E-state index in [9.17, 15) is 23.3 Å². The van der Waals surface area contributed by atoms with Crippen LogP contribution in [0.2, 0.25) is 0 Å². The van der Waals surface area contributed by atoms with E-state index >= 15 is 0 Å². The second-order valence-electron chi connectivity index (χ2n) is 7.93. The molecule has 10 heteroatoms. The Labute approximate surface area is 196 Å². The lowest BCUT2D eigenvalue weighted by molar-refractivity contribution is -0.387. The summed E-state index contributed by atoms with van der Waals surface area (Å²) < 4.78 is 25.8. The van der Waals surface area contributed by atoms with Gasteiger partial charge in [0.05, 0.1) is 22.0 Å². The first-order valence-electron chi connectivity index (χ1n) is 10.4. The highest BCUT2D eigenvalue weighted by Crippen LogP contribution is 2.26. The molecule has 1 heterocycles. The molecule has 3 aromatic carbocycles. The van der Waals surface area contributed by atoms with Gasteiger partial charge in [-0.1, -0.05) is 42.5 Å². The Kier molecular flexibility index (Phi) is 6.16. The van der Waals surface area contributed by atoms with Gasteiger partial charge in [-0.3, -0.25) is 14.9 Å². The molecule has 1 aromatic heterocycles. The summed E-state index contributed by atoms with van der Waals surface area (Å²) in [5.74, 6) is 0.199. The van der Waals surface area contributed by atoms with Crippen LogP contribution in [0.25, 0.3) is 11.0 Å². The molecule has 0 bridgehead atoms. The average Bonchev–Trinajstić information content (AvgIpc) is 3.13. The van der Waals surface area contributed by atoms with Crippen molar-refractivity contribution in [3.8, 4) is 0 Å². The Morgan fingerprint density at radius 2 is 1.76 bits per heavy atom. The Morgan fingerprint density at radius 3 is 2.41 bits per heavy atom. The number of nitro groups is 1. The highest BCUT2D eigenvalue weighted by molar-refractivity contribution is 7.90. The van der Waals surface area contributed by atoms with Crippen molar-refractivity contribution in [3.05, 3.63) is 99.9 Å². The Balaban J connectivity index is 1.68. The van der Waals surface area contributed by atoms with Crippen molar-refractivity contribution in [3.63, 3.8) is 0 Å². The van der Waals surface area contributed by atoms with Crippen molar-refractivity contribution in [1.29, 1.82) is 0 Å². The summed E-state index contributed by atoms with van der Waals surface area (Å²) in [4.78, 5) is 28.0. The van der Waals surface area contributed by atoms with Gasteiger partial charge in [0, 0.05) is 31.4 Å². The number of carbonyl (C=O) groups is 1. The number of para-hydroxylation sites is 2. The van der Waals surface area contributed by atoms with Gasteiger partial charge in [0.2, 0.25) is 0 Å². The number of carbonyl (C=O) groups excluding carboxylic acids is 1. The molecule has 0 saturated heterocycles. The van der Waals surface area contributed by atoms with Gasteiger partial charge in [-0.05, 0) is 29.8 Å². The van der Waals surface area contributed by atoms with Crippen LogP contribution in [-0.2, 0) is 23.3 Å². The van der Waals surface area contributed by atoms with E-state index in [0.29, 0.717) is 6.42 Å². The molecule has 34 heavy (non-hydrogen) atoms. The predicted octanol–water partition coefficient (Wildman–Crippen LogP) is 3.60. The van der Waals surface area contributed by atoms with Crippen molar-refractivity contribution < 1.29 is 18.1 Å². The molecule has 0 aliphatic heterocycles. The van der Waals surface area contributed by atoms with Gasteiger partial charge >= 0.3 is 0 Å². The van der Waals surface area contributed by atoms with E-state index in [0.717, 1.165) is 40.8 Å². The molecule has 0 aliphatic rings. The third-order valence-electron chi connectivity index (χ3n) is 5.59. The second-order valence-corrected chi connectivity index (χ2v) is 9.91. The van der Waals surface area contributed by atoms with E-state index in [1.165, 1.54) is 6.07 Å². The maximum atomic E-state index is 13.1. The lowest BCUT2D eigenvalue weighted by Gasteiger charge is -2.19. The second kappa shape index (κ2) is 9.06. The highest BCUT2D eigenvalue weighted by Gasteiger charge is 2.25. The fourth-order valence-electron chi connectivity index (χ4n) is 3.85. The number of fused-ring (bicyclic) bond motifs is 1. The molecular weight excluding hydrogens is 456 g/mol. The minimum Gasteiger partial charge on any atom is -0.345 e. The summed E-state index contributed by atoms with van der Waals surface area (Å²) in [7, 11) is -1.93. The van der Waals surface area contributed by atoms with Gasteiger partial charge < -0.3 is 9.88 Å². The number of aromatic nitrogens is 2. The summed E-state index contributed by atoms with van der Waals surface area (Å²) in [5.41, 5.74) is 1.99. The number of imidazole rings is 1. The lowest BCUT2D eigenvalue weighted by atomic mass is 10.0. The van der Waals surface area contributed by atoms with Crippen molar-refractivity contribution in [2.45, 2.75) is 17.4 Å². The van der Waals surface area contributed by atoms with Gasteiger partial charge in [-0.25, -0.2) is 13.4 Å². The first-order chi connectivity index (χ1) is 16.1. The molecule has 0 aliphatic carbocycles. The minimum absolute atomic E-state index is 0.00923. The van der Waals surface area contributed by atoms with Crippen molar-refractivity contribution >= 4 is 32.5 Å². The molecule has 0 spiro atoms. The summed E-state index contributed by atoms with van der Waals surface area (Å²) >= 11 is 0. The zero-order valence-corrected chi connectivity index (χ0v) is 19.3. The van der Waals surface area contributed by atoms with Crippen LogP contribution in [0.1, 0.15) is 27.8 Å². The van der Waals surface area contributed by atoms with Gasteiger partial charge in [0.25, 0.3) is 11.6 Å². The van der Waals surface area contributed by atoms with Gasteiger partial charge in [0.15, 0.2) is 9.84 Å². The number of benzene rings is 3. The molecule has 4 aromatic rings. The third kappa shape index (κ3) is 4.67. The smallest absolute Gasteiger partial charge is 0.288 e. The largest absolute Gasteiger partial charge is 0.345 e. The maximum Gasteiger partial charge on any atom is 0.288 e. The standard InChI is InChI=1S/C24H22N4O5S/c1-27-20-11-7-6-10-18(20)25-23(27)15-19(16-8-4-3-5-9-16)26-24(29)17-12-13-22(34(2,32)33)21(14-17)28(30)31/h3-14,19H,15H2,1-2H3,(H,26,29)/t19-/m0/s1. The van der Waals surface area contributed by atoms with E-state index in [2.05, 4.69) is 10.3 Å². The highest BCUT2D eigenvalue weighted by atomic mass is 32.2. The van der Waals surface area contributed by atoms with Gasteiger partial charge in [0.1, 0.15) is 10.7 Å². The zero-order chi connectivity index (χ0) is 24.5. The number of hydrogen-bond donors (Lipinski definition) is 1. The number of aryl methyl sites for hydroxylation is 1. The van der Waals surface area contributed by atoms with Crippen LogP contribution < -0.4 is 5.32 Å². The van der Waals surface area contributed by atoms with E-state index in [1.54, 1.807) is 0 Å². The van der Waals surface area contributed by atoms with Crippen molar-refractivity contribution in [2.24, 2.45) is 7.05 Å². The molecule has 0 radical (unpaired) electrons. The van der Waals surface area contributed by atoms with Crippen LogP contribution in [0.15, 0.2) is 77.7 Å². The number of hydrogen-bond acceptors (Lipinski definition) is 6. The monoisotopic (exact) mass is 478 g/mol. The van der Waals surface area contributed by atoms with E-state index in [1.807, 2.05) is 66.2 Å². The quantitative estimate of drug-likeness (QED) is 0.320. The molecule has 1 atom stereocenters. The molecule has 1 N–H and O–H groups in total. The van der Waals surface area contributed by atoms with E-state index in [4.69, 9.17) is 0 Å². The first-order valence-corrected chi connectivity index (χ1v) is 12.3. The number of sulfone groups is 1. The van der Waals surface area contributed by atoms with Crippen LogP contribution >= 0.6 is 0 Å². The fraction of sp³-hybridized carbons (Fsp3) is 0.167. The van der Waals surface area contributed by atoms with Crippen LogP contribution in [0, 0.1) is 10.1 Å². The Morgan fingerprint density at radius 1 is 1.09 bits per heavy atom. The summed E-state index contributed by atoms with van der Waals surface area (Å²) in [5, 5.41) is 14.4. The molecule has 0 saturated carbocycles. The van der Waals surface area contributed by atoms with Crippen LogP contribution in [0.5, 0.6) is 0 Å². The summed E-state index contributed by atoms with van der Waals surface area (Å²) in [6.07, 6.45) is 1.27. The topological polar surface area (TPSA) is 124 Å². The number of nitro benzene ring substituents is 1. The first kappa shape index (κ1) is 23.1. The molecule has 174 valence electrons. The van der Waals surface area contributed by atoms with Gasteiger partial charge in [-0.2, -0.15) is 0 Å². The maximum absolute atomic E-state index is 13.1. The SMILES string of the molecule is Cn1c(C[C@H](NC(=O)c2ccc(S(C)(=O)=O)c([N+](=O)[O-])c2)c2ccccc2)nc2ccccc21. The molecule has 4 rings (SSSR count). The zero-order valence-electron chi connectivity index (χ0n) is 18.5. The summed E-state index contributed by atoms with van der Waals surface area (Å²) in [6.45, 7) is 0. The van der Waals surface area contributed by atoms with Crippen molar-refractivity contribution in [1.82, 2.24) is 14.9 Å². The summed E-state index contributed by atoms with van der Waals surface area (Å²) in [6, 6.07) is 19.9. The van der Waals surface area contributed by atoms with E-state index < -0.39 is 37.3 Å². The number of amides is 1. The van der Waals surface area contributed by atoms with Crippen LogP contribution in [0.4, 0.5) is 5.69 Å². The molecule has 9 nitrogen and oxygen atoms in total. The number of nitrogens with zero attached hydrogens (tertiary/aromatic N) is 3. The number of nitrogens with one attached hydrogen (secondary N) is 1. The minimum atomic E-state index is -3.83. The Bertz CT molecular complexity index is 1500. The number of rotatable bonds is 7. The molecule has 1 amide bonds. The van der Waals surface area contributed by atoms with E-state index in [-0.39, 0.29) is 5.56 Å². The lowest BCUT2D eigenvalue weighted by Crippen LogP contribution is -2.30.